The van der Waals surface area contributed by atoms with Crippen molar-refractivity contribution in [3.05, 3.63) is 12.2 Å². The highest BCUT2D eigenvalue weighted by Gasteiger charge is 2.75. The first-order chi connectivity index (χ1) is 15.8. The van der Waals surface area contributed by atoms with Gasteiger partial charge in [-0.15, -0.1) is 0 Å². The lowest BCUT2D eigenvalue weighted by Gasteiger charge is -2.75. The summed E-state index contributed by atoms with van der Waals surface area (Å²) < 4.78 is 6.33. The van der Waals surface area contributed by atoms with E-state index in [2.05, 4.69) is 41.2 Å². The minimum absolute atomic E-state index is 0.145. The van der Waals surface area contributed by atoms with Crippen molar-refractivity contribution >= 4 is 5.97 Å². The van der Waals surface area contributed by atoms with E-state index in [9.17, 15) is 15.0 Å². The van der Waals surface area contributed by atoms with E-state index in [0.717, 1.165) is 51.4 Å². The molecule has 2 heterocycles. The molecule has 0 aromatic heterocycles. The average molecular weight is 471 g/mol. The van der Waals surface area contributed by atoms with Crippen molar-refractivity contribution in [2.75, 3.05) is 6.61 Å². The van der Waals surface area contributed by atoms with E-state index in [4.69, 9.17) is 4.74 Å². The summed E-state index contributed by atoms with van der Waals surface area (Å²) in [6.07, 6.45) is 10.2. The third kappa shape index (κ3) is 2.37. The Labute approximate surface area is 205 Å². The smallest absolute Gasteiger partial charge is 0.309 e. The molecule has 0 aromatic carbocycles. The Kier molecular flexibility index (Phi) is 4.64. The van der Waals surface area contributed by atoms with Crippen LogP contribution < -0.4 is 0 Å². The predicted octanol–water partition coefficient (Wildman–Crippen LogP) is 6.43. The number of fused-ring (bicyclic) bond motifs is 7. The van der Waals surface area contributed by atoms with Gasteiger partial charge in [0, 0.05) is 17.3 Å². The fraction of sp³-hybridized carbons (Fsp3) is 0.900. The summed E-state index contributed by atoms with van der Waals surface area (Å²) in [6, 6.07) is 0. The molecule has 5 aliphatic carbocycles. The van der Waals surface area contributed by atoms with Gasteiger partial charge in [-0.3, -0.25) is 4.79 Å². The van der Waals surface area contributed by atoms with Crippen LogP contribution in [-0.2, 0) is 9.53 Å². The lowest BCUT2D eigenvalue weighted by Crippen LogP contribution is -2.74. The third-order valence-electron chi connectivity index (χ3n) is 13.9. The summed E-state index contributed by atoms with van der Waals surface area (Å²) in [5.74, 6) is 0.592. The van der Waals surface area contributed by atoms with Crippen LogP contribution >= 0.6 is 0 Å². The van der Waals surface area contributed by atoms with Gasteiger partial charge in [-0.05, 0) is 105 Å². The number of aliphatic carboxylic acids is 1. The van der Waals surface area contributed by atoms with Crippen molar-refractivity contribution < 1.29 is 19.7 Å². The molecule has 0 radical (unpaired) electrons. The maximum atomic E-state index is 12.8. The minimum atomic E-state index is -0.973. The van der Waals surface area contributed by atoms with Gasteiger partial charge in [0.15, 0.2) is 5.79 Å². The molecule has 0 aromatic rings. The van der Waals surface area contributed by atoms with E-state index in [1.54, 1.807) is 0 Å². The molecule has 2 saturated heterocycles. The van der Waals surface area contributed by atoms with E-state index >= 15 is 0 Å². The van der Waals surface area contributed by atoms with E-state index in [1.807, 2.05) is 0 Å². The highest BCUT2D eigenvalue weighted by molar-refractivity contribution is 5.76. The largest absolute Gasteiger partial charge is 0.481 e. The highest BCUT2D eigenvalue weighted by atomic mass is 16.6. The number of carboxylic acid groups (broad SMARTS) is 1. The van der Waals surface area contributed by atoms with Gasteiger partial charge in [0.05, 0.1) is 12.0 Å². The molecule has 2 aliphatic heterocycles. The summed E-state index contributed by atoms with van der Waals surface area (Å²) in [6.45, 7) is 16.8. The van der Waals surface area contributed by atoms with E-state index in [1.165, 1.54) is 18.4 Å². The molecule has 7 rings (SSSR count). The Hall–Kier alpha value is -0.870. The van der Waals surface area contributed by atoms with Crippen molar-refractivity contribution in [1.29, 1.82) is 0 Å². The normalized spacial score (nSPS) is 57.2. The molecule has 4 nitrogen and oxygen atoms in total. The van der Waals surface area contributed by atoms with Crippen LogP contribution in [0.4, 0.5) is 0 Å². The standard InChI is InChI=1S/C30H46O4/c1-18(2)19-9-12-28(24(31)32)14-13-26(5)20(23(19)28)7-8-22-27(26,6)11-10-21-25(3,4)30(33)16-15-29(21,22)17-34-30/h19-23,33H,1,7-17H2,2-6H3,(H,31,32)/t19-,20+,21-,22-,23+,26+,27+,28-,29+,30-/m0/s1. The average Bonchev–Trinajstić information content (AvgIpc) is 3.17. The first-order valence-corrected chi connectivity index (χ1v) is 14.0. The lowest BCUT2D eigenvalue weighted by atomic mass is 9.31. The summed E-state index contributed by atoms with van der Waals surface area (Å²) in [5.41, 5.74) is 0.909. The number of ether oxygens (including phenoxy) is 1. The molecule has 2 bridgehead atoms. The van der Waals surface area contributed by atoms with Crippen LogP contribution in [0.3, 0.4) is 0 Å². The van der Waals surface area contributed by atoms with Gasteiger partial charge in [-0.2, -0.15) is 0 Å². The maximum absolute atomic E-state index is 12.8. The van der Waals surface area contributed by atoms with Crippen LogP contribution in [0.25, 0.3) is 0 Å². The molecule has 7 aliphatic rings. The zero-order valence-electron chi connectivity index (χ0n) is 22.1. The predicted molar refractivity (Wildman–Crippen MR) is 132 cm³/mol. The van der Waals surface area contributed by atoms with E-state index in [0.29, 0.717) is 30.3 Å². The number of allylic oxidation sites excluding steroid dienone is 1. The van der Waals surface area contributed by atoms with Gasteiger partial charge in [0.1, 0.15) is 0 Å². The van der Waals surface area contributed by atoms with Crippen LogP contribution in [0.5, 0.6) is 0 Å². The zero-order chi connectivity index (χ0) is 24.5. The maximum Gasteiger partial charge on any atom is 0.309 e. The summed E-state index contributed by atoms with van der Waals surface area (Å²) in [5, 5.41) is 21.9. The lowest BCUT2D eigenvalue weighted by molar-refractivity contribution is -0.400. The molecule has 4 heteroatoms. The Balaban J connectivity index is 1.43. The van der Waals surface area contributed by atoms with Crippen molar-refractivity contribution in [2.24, 2.45) is 56.7 Å². The minimum Gasteiger partial charge on any atom is -0.481 e. The second-order valence-corrected chi connectivity index (χ2v) is 14.7. The van der Waals surface area contributed by atoms with Crippen LogP contribution in [-0.4, -0.2) is 28.6 Å². The molecule has 10 atom stereocenters. The van der Waals surface area contributed by atoms with Gasteiger partial charge in [0.2, 0.25) is 0 Å². The molecule has 5 saturated carbocycles. The van der Waals surface area contributed by atoms with Crippen LogP contribution in [0.15, 0.2) is 12.2 Å². The van der Waals surface area contributed by atoms with Crippen LogP contribution in [0, 0.1) is 56.7 Å². The zero-order valence-corrected chi connectivity index (χ0v) is 22.1. The topological polar surface area (TPSA) is 66.8 Å². The molecular weight excluding hydrogens is 424 g/mol. The van der Waals surface area contributed by atoms with Gasteiger partial charge in [-0.1, -0.05) is 39.8 Å². The number of hydrogen-bond acceptors (Lipinski definition) is 3. The Bertz CT molecular complexity index is 928. The fourth-order valence-corrected chi connectivity index (χ4v) is 11.9. The summed E-state index contributed by atoms with van der Waals surface area (Å²) in [7, 11) is 0. The molecule has 0 unspecified atom stereocenters. The second kappa shape index (κ2) is 6.71. The number of hydrogen-bond donors (Lipinski definition) is 2. The molecule has 0 amide bonds. The van der Waals surface area contributed by atoms with Gasteiger partial charge >= 0.3 is 5.97 Å². The molecule has 34 heavy (non-hydrogen) atoms. The summed E-state index contributed by atoms with van der Waals surface area (Å²) in [4.78, 5) is 12.8. The SMILES string of the molecule is C=C(C)[C@@H]1CC[C@]2(C(=O)O)CC[C@]3(C)[C@H](CC[C@@H]4[C@]56CC[C@](O)(OC5)C(C)(C)[C@@H]6CC[C@]43C)[C@@H]12. The van der Waals surface area contributed by atoms with Gasteiger partial charge < -0.3 is 14.9 Å². The Morgan fingerprint density at radius 1 is 0.882 bits per heavy atom. The van der Waals surface area contributed by atoms with Crippen molar-refractivity contribution in [3.8, 4) is 0 Å². The van der Waals surface area contributed by atoms with Gasteiger partial charge in [-0.25, -0.2) is 0 Å². The number of carbonyl (C=O) groups is 1. The molecular formula is C30H46O4. The molecule has 1 spiro atoms. The van der Waals surface area contributed by atoms with Crippen LogP contribution in [0.2, 0.25) is 0 Å². The Morgan fingerprint density at radius 2 is 1.62 bits per heavy atom. The molecule has 190 valence electrons. The fourth-order valence-electron chi connectivity index (χ4n) is 11.9. The first kappa shape index (κ1) is 23.5. The van der Waals surface area contributed by atoms with Gasteiger partial charge in [0.25, 0.3) is 0 Å². The van der Waals surface area contributed by atoms with Crippen molar-refractivity contribution in [3.63, 3.8) is 0 Å². The molecule has 7 fully saturated rings. The van der Waals surface area contributed by atoms with Crippen molar-refractivity contribution in [1.82, 2.24) is 0 Å². The van der Waals surface area contributed by atoms with E-state index < -0.39 is 17.2 Å². The number of rotatable bonds is 2. The summed E-state index contributed by atoms with van der Waals surface area (Å²) >= 11 is 0. The van der Waals surface area contributed by atoms with E-state index in [-0.39, 0.29) is 27.6 Å². The quantitative estimate of drug-likeness (QED) is 0.457. The number of carboxylic acids is 1. The highest BCUT2D eigenvalue weighted by Crippen LogP contribution is 2.79. The number of aliphatic hydroxyl groups is 1. The molecule has 2 N–H and O–H groups in total. The van der Waals surface area contributed by atoms with Crippen LogP contribution in [0.1, 0.15) is 98.8 Å². The monoisotopic (exact) mass is 470 g/mol. The second-order valence-electron chi connectivity index (χ2n) is 14.7. The first-order valence-electron chi connectivity index (χ1n) is 14.0. The van der Waals surface area contributed by atoms with Crippen molar-refractivity contribution in [2.45, 2.75) is 105 Å². The Morgan fingerprint density at radius 3 is 2.24 bits per heavy atom. The third-order valence-corrected chi connectivity index (χ3v) is 13.9.